The summed E-state index contributed by atoms with van der Waals surface area (Å²) in [7, 11) is 0. The molecule has 0 bridgehead atoms. The van der Waals surface area contributed by atoms with Crippen LogP contribution in [0, 0.1) is 27.7 Å². The van der Waals surface area contributed by atoms with Crippen LogP contribution in [0.25, 0.3) is 11.3 Å². The molecule has 7 heteroatoms. The summed E-state index contributed by atoms with van der Waals surface area (Å²) in [6.45, 7) is 9.63. The van der Waals surface area contributed by atoms with Crippen LogP contribution >= 0.6 is 0 Å². The monoisotopic (exact) mass is 378 g/mol. The van der Waals surface area contributed by atoms with Gasteiger partial charge in [-0.15, -0.1) is 0 Å². The highest BCUT2D eigenvalue weighted by Gasteiger charge is 2.28. The van der Waals surface area contributed by atoms with Crippen molar-refractivity contribution in [3.8, 4) is 11.3 Å². The molecule has 4 heterocycles. The Morgan fingerprint density at radius 1 is 1.11 bits per heavy atom. The zero-order chi connectivity index (χ0) is 19.7. The second-order valence-corrected chi connectivity index (χ2v) is 7.53. The molecule has 0 saturated carbocycles. The summed E-state index contributed by atoms with van der Waals surface area (Å²) in [6, 6.07) is 4.19. The number of aryl methyl sites for hydroxylation is 4. The van der Waals surface area contributed by atoms with Crippen molar-refractivity contribution in [1.82, 2.24) is 30.0 Å². The molecule has 1 fully saturated rings. The van der Waals surface area contributed by atoms with Gasteiger partial charge in [-0.3, -0.25) is 4.90 Å². The van der Waals surface area contributed by atoms with Crippen molar-refractivity contribution in [3.63, 3.8) is 0 Å². The van der Waals surface area contributed by atoms with Gasteiger partial charge in [0.1, 0.15) is 17.4 Å². The fraction of sp³-hybridized carbons (Fsp3) is 0.476. The van der Waals surface area contributed by atoms with Crippen LogP contribution in [0.4, 0.5) is 0 Å². The largest absolute Gasteiger partial charge is 0.361 e. The first-order valence-electron chi connectivity index (χ1n) is 9.82. The summed E-state index contributed by atoms with van der Waals surface area (Å²) in [4.78, 5) is 21.0. The summed E-state index contributed by atoms with van der Waals surface area (Å²) in [5.41, 5.74) is 4.72. The van der Waals surface area contributed by atoms with Crippen molar-refractivity contribution >= 4 is 0 Å². The topological polar surface area (TPSA) is 80.8 Å². The molecule has 0 radical (unpaired) electrons. The lowest BCUT2D eigenvalue weighted by Gasteiger charge is -2.34. The van der Waals surface area contributed by atoms with Gasteiger partial charge in [0.2, 0.25) is 0 Å². The van der Waals surface area contributed by atoms with Crippen LogP contribution in [-0.2, 0) is 6.54 Å². The summed E-state index contributed by atoms with van der Waals surface area (Å²) in [6.07, 6.45) is 5.24. The molecule has 1 saturated heterocycles. The van der Waals surface area contributed by atoms with Crippen LogP contribution in [0.15, 0.2) is 22.9 Å². The lowest BCUT2D eigenvalue weighted by Crippen LogP contribution is -2.34. The highest BCUT2D eigenvalue weighted by molar-refractivity contribution is 5.63. The number of nitrogens with zero attached hydrogens (tertiary/aromatic N) is 6. The second kappa shape index (κ2) is 7.75. The van der Waals surface area contributed by atoms with Crippen molar-refractivity contribution in [2.24, 2.45) is 0 Å². The van der Waals surface area contributed by atoms with E-state index in [1.54, 1.807) is 0 Å². The van der Waals surface area contributed by atoms with Crippen LogP contribution in [0.1, 0.15) is 59.8 Å². The minimum atomic E-state index is 0.183. The Balaban J connectivity index is 1.68. The molecule has 7 nitrogen and oxygen atoms in total. The molecule has 3 aromatic heterocycles. The second-order valence-electron chi connectivity index (χ2n) is 7.53. The molecule has 28 heavy (non-hydrogen) atoms. The number of piperidine rings is 1. The van der Waals surface area contributed by atoms with E-state index in [0.29, 0.717) is 0 Å². The molecule has 1 aliphatic heterocycles. The van der Waals surface area contributed by atoms with Crippen LogP contribution in [0.5, 0.6) is 0 Å². The van der Waals surface area contributed by atoms with Crippen molar-refractivity contribution in [2.45, 2.75) is 59.5 Å². The summed E-state index contributed by atoms with van der Waals surface area (Å²) < 4.78 is 5.35. The third-order valence-electron chi connectivity index (χ3n) is 5.27. The van der Waals surface area contributed by atoms with Gasteiger partial charge in [0.25, 0.3) is 0 Å². The van der Waals surface area contributed by atoms with Gasteiger partial charge in [0.05, 0.1) is 28.7 Å². The Kier molecular flexibility index (Phi) is 5.17. The van der Waals surface area contributed by atoms with Gasteiger partial charge in [-0.05, 0) is 59.2 Å². The third-order valence-corrected chi connectivity index (χ3v) is 5.27. The van der Waals surface area contributed by atoms with Gasteiger partial charge >= 0.3 is 0 Å². The maximum absolute atomic E-state index is 5.35. The Morgan fingerprint density at radius 3 is 2.71 bits per heavy atom. The number of hydrogen-bond donors (Lipinski definition) is 0. The van der Waals surface area contributed by atoms with Crippen molar-refractivity contribution in [1.29, 1.82) is 0 Å². The molecular formula is C21H26N6O. The van der Waals surface area contributed by atoms with E-state index in [1.807, 2.05) is 46.0 Å². The minimum Gasteiger partial charge on any atom is -0.361 e. The van der Waals surface area contributed by atoms with E-state index >= 15 is 0 Å². The molecule has 4 rings (SSSR count). The molecule has 1 atom stereocenters. The average Bonchev–Trinajstić information content (AvgIpc) is 3.00. The normalized spacial score (nSPS) is 17.8. The van der Waals surface area contributed by atoms with Crippen LogP contribution in [0.3, 0.4) is 0 Å². The van der Waals surface area contributed by atoms with E-state index in [2.05, 4.69) is 20.0 Å². The number of aromatic nitrogens is 5. The molecule has 146 valence electrons. The van der Waals surface area contributed by atoms with E-state index < -0.39 is 0 Å². The van der Waals surface area contributed by atoms with Gasteiger partial charge < -0.3 is 4.52 Å². The van der Waals surface area contributed by atoms with Gasteiger partial charge in [-0.1, -0.05) is 11.6 Å². The minimum absolute atomic E-state index is 0.183. The van der Waals surface area contributed by atoms with Crippen LogP contribution in [-0.4, -0.2) is 36.5 Å². The SMILES string of the molecule is Cc1cc(-c2c(C)noc2C)nc(C2CCCCN2Cc2ccnc(C)n2)n1. The lowest BCUT2D eigenvalue weighted by atomic mass is 10.0. The summed E-state index contributed by atoms with van der Waals surface area (Å²) in [5, 5.41) is 4.08. The predicted molar refractivity (Wildman–Crippen MR) is 106 cm³/mol. The summed E-state index contributed by atoms with van der Waals surface area (Å²) in [5.74, 6) is 2.47. The molecule has 0 amide bonds. The molecule has 0 aliphatic carbocycles. The van der Waals surface area contributed by atoms with Crippen molar-refractivity contribution in [2.75, 3.05) is 6.54 Å². The maximum atomic E-state index is 5.35. The van der Waals surface area contributed by atoms with Crippen LogP contribution in [0.2, 0.25) is 0 Å². The highest BCUT2D eigenvalue weighted by Crippen LogP contribution is 2.32. The predicted octanol–water partition coefficient (Wildman–Crippen LogP) is 3.88. The Morgan fingerprint density at radius 2 is 1.96 bits per heavy atom. The fourth-order valence-electron chi connectivity index (χ4n) is 3.99. The molecule has 1 aliphatic rings. The zero-order valence-electron chi connectivity index (χ0n) is 16.9. The van der Waals surface area contributed by atoms with Crippen molar-refractivity contribution < 1.29 is 4.52 Å². The van der Waals surface area contributed by atoms with E-state index in [4.69, 9.17) is 14.5 Å². The first kappa shape index (κ1) is 18.7. The van der Waals surface area contributed by atoms with Gasteiger partial charge in [-0.2, -0.15) is 0 Å². The highest BCUT2D eigenvalue weighted by atomic mass is 16.5. The molecule has 0 N–H and O–H groups in total. The average molecular weight is 378 g/mol. The van der Waals surface area contributed by atoms with E-state index in [1.165, 1.54) is 12.8 Å². The first-order chi connectivity index (χ1) is 13.5. The van der Waals surface area contributed by atoms with E-state index in [9.17, 15) is 0 Å². The summed E-state index contributed by atoms with van der Waals surface area (Å²) >= 11 is 0. The molecule has 0 aromatic carbocycles. The Bertz CT molecular complexity index is 963. The standard InChI is InChI=1S/C21H26N6O/c1-13-11-18(20-14(2)26-28-15(20)3)25-21(23-13)19-7-5-6-10-27(19)12-17-8-9-22-16(4)24-17/h8-9,11,19H,5-7,10,12H2,1-4H3. The van der Waals surface area contributed by atoms with E-state index in [-0.39, 0.29) is 6.04 Å². The molecule has 0 spiro atoms. The molecular weight excluding hydrogens is 352 g/mol. The Labute approximate surface area is 165 Å². The Hall–Kier alpha value is -2.67. The molecule has 3 aromatic rings. The quantitative estimate of drug-likeness (QED) is 0.681. The number of rotatable bonds is 4. The smallest absolute Gasteiger partial charge is 0.146 e. The number of likely N-dealkylation sites (tertiary alicyclic amines) is 1. The first-order valence-corrected chi connectivity index (χ1v) is 9.82. The van der Waals surface area contributed by atoms with Crippen molar-refractivity contribution in [3.05, 3.63) is 52.8 Å². The van der Waals surface area contributed by atoms with E-state index in [0.717, 1.165) is 65.3 Å². The third kappa shape index (κ3) is 3.80. The van der Waals surface area contributed by atoms with Gasteiger partial charge in [-0.25, -0.2) is 19.9 Å². The van der Waals surface area contributed by atoms with Gasteiger partial charge in [0, 0.05) is 18.4 Å². The fourth-order valence-corrected chi connectivity index (χ4v) is 3.99. The van der Waals surface area contributed by atoms with Gasteiger partial charge in [0.15, 0.2) is 0 Å². The number of hydrogen-bond acceptors (Lipinski definition) is 7. The lowest BCUT2D eigenvalue weighted by molar-refractivity contribution is 0.132. The molecule has 1 unspecified atom stereocenters. The van der Waals surface area contributed by atoms with Crippen LogP contribution < -0.4 is 0 Å². The maximum Gasteiger partial charge on any atom is 0.146 e. The zero-order valence-corrected chi connectivity index (χ0v) is 16.9.